The topological polar surface area (TPSA) is 90.7 Å². The highest BCUT2D eigenvalue weighted by Crippen LogP contribution is 2.22. The molecule has 1 aromatic carbocycles. The van der Waals surface area contributed by atoms with Gasteiger partial charge >= 0.3 is 5.97 Å². The van der Waals surface area contributed by atoms with Crippen LogP contribution in [0.5, 0.6) is 5.75 Å². The predicted octanol–water partition coefficient (Wildman–Crippen LogP) is 1.61. The Morgan fingerprint density at radius 1 is 1.33 bits per heavy atom. The molecule has 0 aliphatic rings. The molecule has 0 aromatic heterocycles. The molecular formula is C15H22N2O4. The zero-order valence-corrected chi connectivity index (χ0v) is 12.8. The number of nitrogens with two attached hydrogens (primary N) is 1. The molecule has 0 aliphatic carbocycles. The van der Waals surface area contributed by atoms with Crippen molar-refractivity contribution in [1.29, 1.82) is 0 Å². The van der Waals surface area contributed by atoms with Crippen LogP contribution in [0.3, 0.4) is 0 Å². The van der Waals surface area contributed by atoms with Gasteiger partial charge in [-0.2, -0.15) is 0 Å². The lowest BCUT2D eigenvalue weighted by Crippen LogP contribution is -2.43. The molecule has 0 saturated carbocycles. The lowest BCUT2D eigenvalue weighted by atomic mass is 10.1. The van der Waals surface area contributed by atoms with Crippen LogP contribution in [0, 0.1) is 6.92 Å². The second-order valence-electron chi connectivity index (χ2n) is 4.86. The van der Waals surface area contributed by atoms with Crippen LogP contribution in [0.25, 0.3) is 0 Å². The van der Waals surface area contributed by atoms with Gasteiger partial charge in [-0.3, -0.25) is 4.79 Å². The number of anilines is 1. The van der Waals surface area contributed by atoms with Crippen LogP contribution in [0.2, 0.25) is 0 Å². The summed E-state index contributed by atoms with van der Waals surface area (Å²) in [5.41, 5.74) is 6.93. The minimum absolute atomic E-state index is 0.0714. The van der Waals surface area contributed by atoms with Crippen molar-refractivity contribution in [3.8, 4) is 5.75 Å². The minimum Gasteiger partial charge on any atom is -0.491 e. The number of nitrogens with one attached hydrogen (secondary N) is 1. The number of hydrogen-bond acceptors (Lipinski definition) is 5. The Morgan fingerprint density at radius 3 is 2.52 bits per heavy atom. The van der Waals surface area contributed by atoms with Crippen molar-refractivity contribution in [3.63, 3.8) is 0 Å². The van der Waals surface area contributed by atoms with Crippen LogP contribution in [0.15, 0.2) is 18.2 Å². The fourth-order valence-corrected chi connectivity index (χ4v) is 1.67. The van der Waals surface area contributed by atoms with Crippen LogP contribution in [0.4, 0.5) is 5.69 Å². The van der Waals surface area contributed by atoms with Crippen LogP contribution < -0.4 is 15.8 Å². The van der Waals surface area contributed by atoms with Gasteiger partial charge in [0.2, 0.25) is 0 Å². The second kappa shape index (κ2) is 7.64. The summed E-state index contributed by atoms with van der Waals surface area (Å²) >= 11 is 0. The van der Waals surface area contributed by atoms with Crippen LogP contribution in [-0.4, -0.2) is 30.6 Å². The van der Waals surface area contributed by atoms with E-state index in [2.05, 4.69) is 5.32 Å². The summed E-state index contributed by atoms with van der Waals surface area (Å²) in [7, 11) is 0. The Bertz CT molecular complexity index is 514. The third kappa shape index (κ3) is 5.07. The molecule has 3 N–H and O–H groups in total. The molecular weight excluding hydrogens is 272 g/mol. The Morgan fingerprint density at radius 2 is 2.00 bits per heavy atom. The molecule has 0 spiro atoms. The van der Waals surface area contributed by atoms with Gasteiger partial charge in [0.25, 0.3) is 5.91 Å². The number of rotatable bonds is 6. The molecule has 1 atom stereocenters. The summed E-state index contributed by atoms with van der Waals surface area (Å²) < 4.78 is 10.3. The van der Waals surface area contributed by atoms with E-state index < -0.39 is 17.9 Å². The molecule has 0 heterocycles. The first-order valence-corrected chi connectivity index (χ1v) is 6.85. The quantitative estimate of drug-likeness (QED) is 0.614. The van der Waals surface area contributed by atoms with E-state index in [1.165, 1.54) is 0 Å². The summed E-state index contributed by atoms with van der Waals surface area (Å²) in [5.74, 6) is -0.628. The number of benzene rings is 1. The van der Waals surface area contributed by atoms with E-state index in [1.807, 2.05) is 26.8 Å². The van der Waals surface area contributed by atoms with E-state index in [1.54, 1.807) is 19.1 Å². The van der Waals surface area contributed by atoms with Gasteiger partial charge in [0.05, 0.1) is 12.7 Å². The predicted molar refractivity (Wildman–Crippen MR) is 80.2 cm³/mol. The van der Waals surface area contributed by atoms with Gasteiger partial charge in [-0.25, -0.2) is 4.79 Å². The maximum Gasteiger partial charge on any atom is 0.332 e. The first kappa shape index (κ1) is 17.0. The summed E-state index contributed by atoms with van der Waals surface area (Å²) in [4.78, 5) is 23.3. The van der Waals surface area contributed by atoms with E-state index in [0.717, 1.165) is 11.3 Å². The number of carbonyl (C=O) groups is 2. The summed E-state index contributed by atoms with van der Waals surface area (Å²) in [6.45, 7) is 7.53. The van der Waals surface area contributed by atoms with Crippen LogP contribution in [-0.2, 0) is 14.3 Å². The van der Waals surface area contributed by atoms with Crippen molar-refractivity contribution < 1.29 is 19.1 Å². The van der Waals surface area contributed by atoms with E-state index in [-0.39, 0.29) is 12.7 Å². The average Bonchev–Trinajstić information content (AvgIpc) is 2.40. The molecule has 0 bridgehead atoms. The summed E-state index contributed by atoms with van der Waals surface area (Å²) in [5, 5.41) is 2.61. The summed E-state index contributed by atoms with van der Waals surface area (Å²) in [6, 6.07) is 3.93. The highest BCUT2D eigenvalue weighted by molar-refractivity contribution is 6.08. The van der Waals surface area contributed by atoms with E-state index in [4.69, 9.17) is 15.2 Å². The molecule has 0 radical (unpaired) electrons. The van der Waals surface area contributed by atoms with Gasteiger partial charge in [-0.1, -0.05) is 0 Å². The number of ether oxygens (including phenoxy) is 2. The van der Waals surface area contributed by atoms with Crippen molar-refractivity contribution in [1.82, 2.24) is 0 Å². The highest BCUT2D eigenvalue weighted by atomic mass is 16.5. The fraction of sp³-hybridized carbons (Fsp3) is 0.467. The SMILES string of the molecule is CCOC(=O)C(N)C(=O)Nc1ccc(OC(C)C)cc1C. The maximum absolute atomic E-state index is 11.9. The first-order valence-electron chi connectivity index (χ1n) is 6.85. The van der Waals surface area contributed by atoms with Gasteiger partial charge in [-0.15, -0.1) is 0 Å². The molecule has 6 nitrogen and oxygen atoms in total. The molecule has 0 fully saturated rings. The van der Waals surface area contributed by atoms with E-state index in [0.29, 0.717) is 5.69 Å². The van der Waals surface area contributed by atoms with Gasteiger partial charge in [0.15, 0.2) is 6.04 Å². The normalized spacial score (nSPS) is 11.9. The lowest BCUT2D eigenvalue weighted by Gasteiger charge is -2.15. The Labute approximate surface area is 124 Å². The number of amides is 1. The van der Waals surface area contributed by atoms with Gasteiger partial charge in [-0.05, 0) is 51.5 Å². The molecule has 1 amide bonds. The largest absolute Gasteiger partial charge is 0.491 e. The maximum atomic E-state index is 11.9. The monoisotopic (exact) mass is 294 g/mol. The first-order chi connectivity index (χ1) is 9.85. The zero-order chi connectivity index (χ0) is 16.0. The van der Waals surface area contributed by atoms with Gasteiger partial charge in [0.1, 0.15) is 5.75 Å². The number of carbonyl (C=O) groups excluding carboxylic acids is 2. The average molecular weight is 294 g/mol. The molecule has 116 valence electrons. The molecule has 1 unspecified atom stereocenters. The summed E-state index contributed by atoms with van der Waals surface area (Å²) in [6.07, 6.45) is 0.0714. The molecule has 1 aromatic rings. The third-order valence-corrected chi connectivity index (χ3v) is 2.65. The van der Waals surface area contributed by atoms with Gasteiger partial charge < -0.3 is 20.5 Å². The molecule has 0 aliphatic heterocycles. The number of esters is 1. The zero-order valence-electron chi connectivity index (χ0n) is 12.8. The molecule has 6 heteroatoms. The smallest absolute Gasteiger partial charge is 0.332 e. The van der Waals surface area contributed by atoms with Crippen molar-refractivity contribution in [2.45, 2.75) is 39.8 Å². The molecule has 21 heavy (non-hydrogen) atoms. The number of hydrogen-bond donors (Lipinski definition) is 2. The van der Waals surface area contributed by atoms with Crippen LogP contribution >= 0.6 is 0 Å². The van der Waals surface area contributed by atoms with Crippen LogP contribution in [0.1, 0.15) is 26.3 Å². The minimum atomic E-state index is -1.34. The Kier molecular flexibility index (Phi) is 6.17. The van der Waals surface area contributed by atoms with Gasteiger partial charge in [0, 0.05) is 5.69 Å². The van der Waals surface area contributed by atoms with Crippen molar-refractivity contribution in [2.24, 2.45) is 5.73 Å². The highest BCUT2D eigenvalue weighted by Gasteiger charge is 2.23. The molecule has 0 saturated heterocycles. The Hall–Kier alpha value is -2.08. The van der Waals surface area contributed by atoms with Crippen molar-refractivity contribution in [2.75, 3.05) is 11.9 Å². The van der Waals surface area contributed by atoms with Crippen molar-refractivity contribution in [3.05, 3.63) is 23.8 Å². The second-order valence-corrected chi connectivity index (χ2v) is 4.86. The standard InChI is InChI=1S/C15H22N2O4/c1-5-20-15(19)13(16)14(18)17-12-7-6-11(8-10(12)4)21-9(2)3/h6-9,13H,5,16H2,1-4H3,(H,17,18). The van der Waals surface area contributed by atoms with Crippen molar-refractivity contribution >= 4 is 17.6 Å². The fourth-order valence-electron chi connectivity index (χ4n) is 1.67. The Balaban J connectivity index is 2.74. The van der Waals surface area contributed by atoms with E-state index >= 15 is 0 Å². The molecule has 1 rings (SSSR count). The number of aryl methyl sites for hydroxylation is 1. The van der Waals surface area contributed by atoms with E-state index in [9.17, 15) is 9.59 Å². The lowest BCUT2D eigenvalue weighted by molar-refractivity contribution is -0.146. The third-order valence-electron chi connectivity index (χ3n) is 2.65.